The topological polar surface area (TPSA) is 34.1 Å². The van der Waals surface area contributed by atoms with Crippen LogP contribution in [0.5, 0.6) is 5.75 Å². The van der Waals surface area contributed by atoms with Gasteiger partial charge in [-0.3, -0.25) is 4.98 Å². The minimum Gasteiger partial charge on any atom is -0.489 e. The lowest BCUT2D eigenvalue weighted by atomic mass is 10.1. The van der Waals surface area contributed by atoms with Crippen LogP contribution in [0.15, 0.2) is 18.3 Å². The predicted octanol–water partition coefficient (Wildman–Crippen LogP) is 2.93. The summed E-state index contributed by atoms with van der Waals surface area (Å²) in [7, 11) is 0. The summed E-state index contributed by atoms with van der Waals surface area (Å²) in [5.74, 6) is 0.838. The lowest BCUT2D eigenvalue weighted by molar-refractivity contribution is 0.241. The minimum absolute atomic E-state index is 0.198. The van der Waals surface area contributed by atoms with E-state index in [-0.39, 0.29) is 6.10 Å². The first-order valence-corrected chi connectivity index (χ1v) is 6.03. The van der Waals surface area contributed by atoms with Gasteiger partial charge in [0.15, 0.2) is 0 Å². The van der Waals surface area contributed by atoms with Crippen LogP contribution >= 0.6 is 0 Å². The van der Waals surface area contributed by atoms with E-state index in [0.29, 0.717) is 6.04 Å². The fourth-order valence-electron chi connectivity index (χ4n) is 1.64. The Kier molecular flexibility index (Phi) is 5.26. The van der Waals surface area contributed by atoms with Crippen LogP contribution in [0, 0.1) is 0 Å². The maximum absolute atomic E-state index is 5.56. The highest BCUT2D eigenvalue weighted by Crippen LogP contribution is 2.17. The monoisotopic (exact) mass is 222 g/mol. The third-order valence-corrected chi connectivity index (χ3v) is 2.35. The van der Waals surface area contributed by atoms with Crippen LogP contribution in [0.2, 0.25) is 0 Å². The number of nitrogens with zero attached hydrogens (tertiary/aromatic N) is 1. The molecule has 0 aliphatic heterocycles. The summed E-state index contributed by atoms with van der Waals surface area (Å²) in [6.45, 7) is 9.26. The first-order chi connectivity index (χ1) is 7.67. The molecule has 1 N–H and O–H groups in total. The molecule has 1 atom stereocenters. The van der Waals surface area contributed by atoms with Crippen LogP contribution in [-0.2, 0) is 0 Å². The van der Waals surface area contributed by atoms with E-state index in [9.17, 15) is 0 Å². The zero-order valence-corrected chi connectivity index (χ0v) is 10.7. The first kappa shape index (κ1) is 13.0. The molecule has 0 saturated heterocycles. The smallest absolute Gasteiger partial charge is 0.137 e. The number of ether oxygens (including phenoxy) is 1. The van der Waals surface area contributed by atoms with Gasteiger partial charge in [0.25, 0.3) is 0 Å². The first-order valence-electron chi connectivity index (χ1n) is 6.03. The maximum Gasteiger partial charge on any atom is 0.137 e. The molecule has 3 nitrogen and oxygen atoms in total. The van der Waals surface area contributed by atoms with Crippen LogP contribution in [0.1, 0.15) is 45.9 Å². The van der Waals surface area contributed by atoms with Crippen LogP contribution in [0.4, 0.5) is 0 Å². The fourth-order valence-corrected chi connectivity index (χ4v) is 1.64. The van der Waals surface area contributed by atoms with E-state index in [2.05, 4.69) is 24.1 Å². The van der Waals surface area contributed by atoms with Gasteiger partial charge in [-0.1, -0.05) is 13.8 Å². The third kappa shape index (κ3) is 3.81. The number of pyridine rings is 1. The van der Waals surface area contributed by atoms with Crippen molar-refractivity contribution in [1.29, 1.82) is 0 Å². The second-order valence-corrected chi connectivity index (χ2v) is 4.10. The van der Waals surface area contributed by atoms with E-state index < -0.39 is 0 Å². The number of rotatable bonds is 6. The second kappa shape index (κ2) is 6.48. The Labute approximate surface area is 98.2 Å². The van der Waals surface area contributed by atoms with Crippen LogP contribution in [0.3, 0.4) is 0 Å². The van der Waals surface area contributed by atoms with Crippen molar-refractivity contribution in [2.75, 3.05) is 6.54 Å². The van der Waals surface area contributed by atoms with Crippen molar-refractivity contribution in [1.82, 2.24) is 10.3 Å². The van der Waals surface area contributed by atoms with Gasteiger partial charge in [-0.25, -0.2) is 0 Å². The third-order valence-electron chi connectivity index (χ3n) is 2.35. The lowest BCUT2D eigenvalue weighted by Crippen LogP contribution is -2.21. The molecule has 0 amide bonds. The molecule has 0 fully saturated rings. The number of aromatic nitrogens is 1. The van der Waals surface area contributed by atoms with Crippen molar-refractivity contribution >= 4 is 0 Å². The summed E-state index contributed by atoms with van der Waals surface area (Å²) < 4.78 is 5.56. The number of hydrogen-bond acceptors (Lipinski definition) is 3. The lowest BCUT2D eigenvalue weighted by Gasteiger charge is -2.16. The largest absolute Gasteiger partial charge is 0.489 e. The summed E-state index contributed by atoms with van der Waals surface area (Å²) in [6, 6.07) is 4.37. The summed E-state index contributed by atoms with van der Waals surface area (Å²) in [4.78, 5) is 4.43. The Morgan fingerprint density at radius 3 is 2.50 bits per heavy atom. The zero-order valence-electron chi connectivity index (χ0n) is 10.7. The van der Waals surface area contributed by atoms with Gasteiger partial charge in [-0.15, -0.1) is 0 Å². The van der Waals surface area contributed by atoms with Gasteiger partial charge in [-0.05, 0) is 38.9 Å². The average molecular weight is 222 g/mol. The Bertz CT molecular complexity index is 295. The molecule has 0 saturated carbocycles. The molecule has 1 unspecified atom stereocenters. The Balaban J connectivity index is 2.69. The van der Waals surface area contributed by atoms with Crippen LogP contribution < -0.4 is 10.1 Å². The highest BCUT2D eigenvalue weighted by atomic mass is 16.5. The molecule has 90 valence electrons. The van der Waals surface area contributed by atoms with Crippen LogP contribution in [-0.4, -0.2) is 17.6 Å². The van der Waals surface area contributed by atoms with Gasteiger partial charge >= 0.3 is 0 Å². The molecule has 0 bridgehead atoms. The molecule has 1 aromatic heterocycles. The average Bonchev–Trinajstić information content (AvgIpc) is 2.26. The highest BCUT2D eigenvalue weighted by Gasteiger charge is 2.09. The summed E-state index contributed by atoms with van der Waals surface area (Å²) in [5.41, 5.74) is 1.08. The fraction of sp³-hybridized carbons (Fsp3) is 0.615. The molecule has 0 spiro atoms. The van der Waals surface area contributed by atoms with E-state index in [1.54, 1.807) is 6.20 Å². The van der Waals surface area contributed by atoms with E-state index in [1.807, 2.05) is 26.0 Å². The SMILES string of the molecule is CCNC(CC)c1ccc(OC(C)C)cn1. The van der Waals surface area contributed by atoms with Crippen LogP contribution in [0.25, 0.3) is 0 Å². The van der Waals surface area contributed by atoms with Crippen molar-refractivity contribution < 1.29 is 4.74 Å². The molecule has 0 aliphatic carbocycles. The highest BCUT2D eigenvalue weighted by molar-refractivity contribution is 5.21. The van der Waals surface area contributed by atoms with E-state index in [1.165, 1.54) is 0 Å². The molecule has 0 aliphatic rings. The molecular weight excluding hydrogens is 200 g/mol. The summed E-state index contributed by atoms with van der Waals surface area (Å²) in [5, 5.41) is 3.41. The van der Waals surface area contributed by atoms with Crippen molar-refractivity contribution in [3.05, 3.63) is 24.0 Å². The van der Waals surface area contributed by atoms with Crippen molar-refractivity contribution in [3.63, 3.8) is 0 Å². The molecule has 1 heterocycles. The number of hydrogen-bond donors (Lipinski definition) is 1. The van der Waals surface area contributed by atoms with Gasteiger partial charge in [0.1, 0.15) is 5.75 Å². The second-order valence-electron chi connectivity index (χ2n) is 4.10. The Morgan fingerprint density at radius 2 is 2.06 bits per heavy atom. The number of nitrogens with one attached hydrogen (secondary N) is 1. The summed E-state index contributed by atoms with van der Waals surface area (Å²) in [6.07, 6.45) is 3.05. The maximum atomic E-state index is 5.56. The van der Waals surface area contributed by atoms with Gasteiger partial charge < -0.3 is 10.1 Å². The van der Waals surface area contributed by atoms with Gasteiger partial charge in [0.2, 0.25) is 0 Å². The van der Waals surface area contributed by atoms with Gasteiger partial charge in [-0.2, -0.15) is 0 Å². The van der Waals surface area contributed by atoms with Crippen molar-refractivity contribution in [3.8, 4) is 5.75 Å². The predicted molar refractivity (Wildman–Crippen MR) is 66.7 cm³/mol. The zero-order chi connectivity index (χ0) is 12.0. The molecule has 0 aromatic carbocycles. The summed E-state index contributed by atoms with van der Waals surface area (Å²) >= 11 is 0. The van der Waals surface area contributed by atoms with E-state index in [0.717, 1.165) is 24.4 Å². The molecule has 0 radical (unpaired) electrons. The molecule has 1 rings (SSSR count). The Hall–Kier alpha value is -1.09. The minimum atomic E-state index is 0.198. The Morgan fingerprint density at radius 1 is 1.31 bits per heavy atom. The van der Waals surface area contributed by atoms with Crippen molar-refractivity contribution in [2.24, 2.45) is 0 Å². The van der Waals surface area contributed by atoms with Crippen molar-refractivity contribution in [2.45, 2.75) is 46.3 Å². The molecule has 3 heteroatoms. The molecular formula is C13H22N2O. The molecule has 16 heavy (non-hydrogen) atoms. The van der Waals surface area contributed by atoms with E-state index >= 15 is 0 Å². The quantitative estimate of drug-likeness (QED) is 0.803. The molecule has 1 aromatic rings. The van der Waals surface area contributed by atoms with Gasteiger partial charge in [0.05, 0.1) is 18.0 Å². The van der Waals surface area contributed by atoms with E-state index in [4.69, 9.17) is 4.74 Å². The van der Waals surface area contributed by atoms with Gasteiger partial charge in [0, 0.05) is 6.04 Å². The standard InChI is InChI=1S/C13H22N2O/c1-5-12(14-6-2)13-8-7-11(9-15-13)16-10(3)4/h7-10,12,14H,5-6H2,1-4H3. The normalized spacial score (nSPS) is 12.8.